The van der Waals surface area contributed by atoms with Crippen LogP contribution in [-0.2, 0) is 17.8 Å². The van der Waals surface area contributed by atoms with Gasteiger partial charge in [0, 0.05) is 24.5 Å². The summed E-state index contributed by atoms with van der Waals surface area (Å²) in [6, 6.07) is 14.4. The fourth-order valence-corrected chi connectivity index (χ4v) is 3.01. The number of hydrogen-bond donors (Lipinski definition) is 2. The SMILES string of the molecule is O=C(CCCn1c(=O)[nH]c2ccccc2c1=O)NCCc1ccc(Cl)cc1. The Hall–Kier alpha value is -2.86. The molecule has 1 amide bonds. The number of nitrogens with zero attached hydrogens (tertiary/aromatic N) is 1. The summed E-state index contributed by atoms with van der Waals surface area (Å²) in [6.07, 6.45) is 1.38. The number of fused-ring (bicyclic) bond motifs is 1. The maximum Gasteiger partial charge on any atom is 0.328 e. The molecule has 0 unspecified atom stereocenters. The van der Waals surface area contributed by atoms with Crippen molar-refractivity contribution in [1.82, 2.24) is 14.9 Å². The molecular weight excluding hydrogens is 366 g/mol. The fraction of sp³-hybridized carbons (Fsp3) is 0.250. The number of nitrogens with one attached hydrogen (secondary N) is 2. The molecule has 1 aromatic heterocycles. The number of carbonyl (C=O) groups is 1. The monoisotopic (exact) mass is 385 g/mol. The van der Waals surface area contributed by atoms with Crippen molar-refractivity contribution in [3.8, 4) is 0 Å². The number of benzene rings is 2. The Morgan fingerprint density at radius 1 is 1.07 bits per heavy atom. The fourth-order valence-electron chi connectivity index (χ4n) is 2.89. The second-order valence-electron chi connectivity index (χ2n) is 6.26. The molecule has 140 valence electrons. The van der Waals surface area contributed by atoms with Crippen LogP contribution in [-0.4, -0.2) is 22.0 Å². The van der Waals surface area contributed by atoms with Gasteiger partial charge in [-0.2, -0.15) is 0 Å². The number of amides is 1. The number of carbonyl (C=O) groups excluding carboxylic acids is 1. The van der Waals surface area contributed by atoms with E-state index in [1.54, 1.807) is 24.3 Å². The average Bonchev–Trinajstić information content (AvgIpc) is 2.66. The summed E-state index contributed by atoms with van der Waals surface area (Å²) < 4.78 is 1.14. The summed E-state index contributed by atoms with van der Waals surface area (Å²) in [4.78, 5) is 39.1. The Bertz CT molecular complexity index is 1050. The van der Waals surface area contributed by atoms with Crippen LogP contribution in [0.5, 0.6) is 0 Å². The largest absolute Gasteiger partial charge is 0.356 e. The number of aromatic nitrogens is 2. The molecule has 0 bridgehead atoms. The summed E-state index contributed by atoms with van der Waals surface area (Å²) in [5.41, 5.74) is 0.817. The number of halogens is 1. The number of H-pyrrole nitrogens is 1. The van der Waals surface area contributed by atoms with E-state index in [1.165, 1.54) is 0 Å². The predicted octanol–water partition coefficient (Wildman–Crippen LogP) is 2.48. The minimum atomic E-state index is -0.457. The molecule has 3 rings (SSSR count). The highest BCUT2D eigenvalue weighted by Crippen LogP contribution is 2.09. The van der Waals surface area contributed by atoms with Gasteiger partial charge in [-0.05, 0) is 42.7 Å². The molecule has 27 heavy (non-hydrogen) atoms. The van der Waals surface area contributed by atoms with Gasteiger partial charge in [0.05, 0.1) is 10.9 Å². The minimum Gasteiger partial charge on any atom is -0.356 e. The molecule has 2 N–H and O–H groups in total. The van der Waals surface area contributed by atoms with Crippen LogP contribution < -0.4 is 16.6 Å². The predicted molar refractivity (Wildman–Crippen MR) is 106 cm³/mol. The Labute approximate surface area is 160 Å². The first-order valence-electron chi connectivity index (χ1n) is 8.77. The number of rotatable bonds is 7. The molecule has 0 aliphatic heterocycles. The lowest BCUT2D eigenvalue weighted by Gasteiger charge is -2.07. The highest BCUT2D eigenvalue weighted by molar-refractivity contribution is 6.30. The van der Waals surface area contributed by atoms with Gasteiger partial charge in [0.15, 0.2) is 0 Å². The molecule has 0 saturated carbocycles. The molecule has 0 aliphatic carbocycles. The highest BCUT2D eigenvalue weighted by Gasteiger charge is 2.08. The van der Waals surface area contributed by atoms with Crippen molar-refractivity contribution in [3.63, 3.8) is 0 Å². The van der Waals surface area contributed by atoms with Gasteiger partial charge < -0.3 is 10.3 Å². The third-order valence-corrected chi connectivity index (χ3v) is 4.58. The van der Waals surface area contributed by atoms with Crippen LogP contribution in [0.1, 0.15) is 18.4 Å². The van der Waals surface area contributed by atoms with Crippen molar-refractivity contribution in [2.45, 2.75) is 25.8 Å². The zero-order valence-corrected chi connectivity index (χ0v) is 15.5. The first kappa shape index (κ1) is 18.9. The molecule has 1 heterocycles. The van der Waals surface area contributed by atoms with Crippen LogP contribution in [0.2, 0.25) is 5.02 Å². The number of para-hydroxylation sites is 1. The van der Waals surface area contributed by atoms with E-state index >= 15 is 0 Å². The third-order valence-electron chi connectivity index (χ3n) is 4.32. The first-order valence-corrected chi connectivity index (χ1v) is 9.15. The van der Waals surface area contributed by atoms with Crippen LogP contribution in [0.4, 0.5) is 0 Å². The summed E-state index contributed by atoms with van der Waals surface area (Å²) in [6.45, 7) is 0.723. The lowest BCUT2D eigenvalue weighted by molar-refractivity contribution is -0.121. The van der Waals surface area contributed by atoms with Gasteiger partial charge >= 0.3 is 5.69 Å². The second kappa shape index (κ2) is 8.68. The lowest BCUT2D eigenvalue weighted by Crippen LogP contribution is -2.35. The van der Waals surface area contributed by atoms with Crippen molar-refractivity contribution in [2.75, 3.05) is 6.54 Å². The van der Waals surface area contributed by atoms with Gasteiger partial charge in [-0.1, -0.05) is 35.9 Å². The molecule has 0 fully saturated rings. The lowest BCUT2D eigenvalue weighted by atomic mass is 10.1. The standard InChI is InChI=1S/C20H20ClN3O3/c21-15-9-7-14(8-10-15)11-12-22-18(25)6-3-13-24-19(26)16-4-1-2-5-17(16)23-20(24)27/h1-2,4-5,7-10H,3,6,11-13H2,(H,22,25)(H,23,27). The number of aromatic amines is 1. The molecule has 7 heteroatoms. The Morgan fingerprint density at radius 3 is 2.59 bits per heavy atom. The van der Waals surface area contributed by atoms with E-state index in [9.17, 15) is 14.4 Å². The maximum absolute atomic E-state index is 12.4. The molecule has 6 nitrogen and oxygen atoms in total. The van der Waals surface area contributed by atoms with E-state index in [2.05, 4.69) is 10.3 Å². The quantitative estimate of drug-likeness (QED) is 0.655. The minimum absolute atomic E-state index is 0.103. The van der Waals surface area contributed by atoms with Gasteiger partial charge in [0.1, 0.15) is 0 Å². The zero-order chi connectivity index (χ0) is 19.2. The van der Waals surface area contributed by atoms with Crippen molar-refractivity contribution in [3.05, 3.63) is 80.0 Å². The topological polar surface area (TPSA) is 84.0 Å². The van der Waals surface area contributed by atoms with Crippen LogP contribution in [0.3, 0.4) is 0 Å². The third kappa shape index (κ3) is 4.86. The van der Waals surface area contributed by atoms with Crippen LogP contribution in [0, 0.1) is 0 Å². The normalized spacial score (nSPS) is 10.9. The first-order chi connectivity index (χ1) is 13.0. The average molecular weight is 386 g/mol. The van der Waals surface area contributed by atoms with Gasteiger partial charge in [0.2, 0.25) is 5.91 Å². The smallest absolute Gasteiger partial charge is 0.328 e. The van der Waals surface area contributed by atoms with Crippen LogP contribution in [0.25, 0.3) is 10.9 Å². The summed E-state index contributed by atoms with van der Waals surface area (Å²) in [5, 5.41) is 3.99. The zero-order valence-electron chi connectivity index (χ0n) is 14.7. The number of hydrogen-bond acceptors (Lipinski definition) is 3. The van der Waals surface area contributed by atoms with Gasteiger partial charge in [-0.3, -0.25) is 14.2 Å². The van der Waals surface area contributed by atoms with Crippen LogP contribution in [0.15, 0.2) is 58.1 Å². The van der Waals surface area contributed by atoms with E-state index in [1.807, 2.05) is 24.3 Å². The Balaban J connectivity index is 1.50. The molecule has 0 saturated heterocycles. The van der Waals surface area contributed by atoms with Crippen LogP contribution >= 0.6 is 11.6 Å². The van der Waals surface area contributed by atoms with Crippen molar-refractivity contribution in [2.24, 2.45) is 0 Å². The highest BCUT2D eigenvalue weighted by atomic mass is 35.5. The molecule has 0 atom stereocenters. The summed E-state index contributed by atoms with van der Waals surface area (Å²) >= 11 is 5.84. The molecule has 2 aromatic carbocycles. The summed E-state index contributed by atoms with van der Waals surface area (Å²) in [7, 11) is 0. The Morgan fingerprint density at radius 2 is 1.81 bits per heavy atom. The van der Waals surface area contributed by atoms with Gasteiger partial charge in [-0.15, -0.1) is 0 Å². The van der Waals surface area contributed by atoms with E-state index in [0.29, 0.717) is 35.3 Å². The molecular formula is C20H20ClN3O3. The molecule has 0 radical (unpaired) electrons. The van der Waals surface area contributed by atoms with Crippen molar-refractivity contribution in [1.29, 1.82) is 0 Å². The molecule has 3 aromatic rings. The van der Waals surface area contributed by atoms with Gasteiger partial charge in [-0.25, -0.2) is 4.79 Å². The van der Waals surface area contributed by atoms with E-state index in [4.69, 9.17) is 11.6 Å². The van der Waals surface area contributed by atoms with Crippen molar-refractivity contribution >= 4 is 28.4 Å². The maximum atomic E-state index is 12.4. The van der Waals surface area contributed by atoms with E-state index in [0.717, 1.165) is 10.1 Å². The van der Waals surface area contributed by atoms with Crippen molar-refractivity contribution < 1.29 is 4.79 Å². The molecule has 0 aliphatic rings. The Kier molecular flexibility index (Phi) is 6.08. The molecule has 0 spiro atoms. The van der Waals surface area contributed by atoms with E-state index in [-0.39, 0.29) is 24.4 Å². The second-order valence-corrected chi connectivity index (χ2v) is 6.70. The van der Waals surface area contributed by atoms with Gasteiger partial charge in [0.25, 0.3) is 5.56 Å². The van der Waals surface area contributed by atoms with E-state index < -0.39 is 5.69 Å². The summed E-state index contributed by atoms with van der Waals surface area (Å²) in [5.74, 6) is -0.103.